The van der Waals surface area contributed by atoms with E-state index in [0.717, 1.165) is 29.5 Å². The highest BCUT2D eigenvalue weighted by molar-refractivity contribution is 6.30. The molecule has 1 saturated carbocycles. The average Bonchev–Trinajstić information content (AvgIpc) is 3.50. The molecular weight excluding hydrogens is 386 g/mol. The van der Waals surface area contributed by atoms with Crippen molar-refractivity contribution in [2.24, 2.45) is 5.73 Å². The van der Waals surface area contributed by atoms with Gasteiger partial charge in [0.2, 0.25) is 11.8 Å². The van der Waals surface area contributed by atoms with Crippen molar-refractivity contribution in [1.29, 1.82) is 0 Å². The minimum atomic E-state index is -0.476. The predicted molar refractivity (Wildman–Crippen MR) is 113 cm³/mol. The molecule has 4 rings (SSSR count). The van der Waals surface area contributed by atoms with Gasteiger partial charge in [0.15, 0.2) is 0 Å². The fourth-order valence-corrected chi connectivity index (χ4v) is 4.14. The molecule has 1 heterocycles. The Balaban J connectivity index is 1.47. The molecule has 0 unspecified atom stereocenters. The summed E-state index contributed by atoms with van der Waals surface area (Å²) < 4.78 is 0. The summed E-state index contributed by atoms with van der Waals surface area (Å²) in [5, 5.41) is 3.72. The first-order chi connectivity index (χ1) is 14.0. The number of nitrogens with two attached hydrogens (primary N) is 1. The second kappa shape index (κ2) is 8.56. The smallest absolute Gasteiger partial charge is 0.243 e. The number of carbonyl (C=O) groups is 2. The van der Waals surface area contributed by atoms with Crippen LogP contribution in [-0.2, 0) is 29.0 Å². The molecule has 6 heteroatoms. The molecule has 1 aliphatic carbocycles. The maximum atomic E-state index is 13.1. The Labute approximate surface area is 176 Å². The number of carbonyl (C=O) groups excluding carboxylic acids is 2. The van der Waals surface area contributed by atoms with Gasteiger partial charge in [-0.15, -0.1) is 0 Å². The van der Waals surface area contributed by atoms with Gasteiger partial charge in [-0.2, -0.15) is 0 Å². The quantitative estimate of drug-likeness (QED) is 0.767. The van der Waals surface area contributed by atoms with E-state index >= 15 is 0 Å². The van der Waals surface area contributed by atoms with Crippen molar-refractivity contribution >= 4 is 23.4 Å². The zero-order valence-corrected chi connectivity index (χ0v) is 17.1. The van der Waals surface area contributed by atoms with E-state index < -0.39 is 6.04 Å². The van der Waals surface area contributed by atoms with Gasteiger partial charge >= 0.3 is 0 Å². The summed E-state index contributed by atoms with van der Waals surface area (Å²) in [6.45, 7) is 0.446. The third-order valence-electron chi connectivity index (χ3n) is 5.62. The Morgan fingerprint density at radius 1 is 1.14 bits per heavy atom. The molecular formula is C23H26ClN3O2. The standard InChI is InChI=1S/C23H26ClN3O2/c24-18-7-3-4-15(10-18)11-19(25)13-22(28)27-14-17-6-2-1-5-16(17)12-21(27)23(29)26-20-8-9-20/h1-7,10,19-21H,8-9,11-14,25H2,(H,26,29)/t19-,21+/m1/s1. The molecule has 0 radical (unpaired) electrons. The fourth-order valence-electron chi connectivity index (χ4n) is 3.92. The molecule has 2 aromatic carbocycles. The third-order valence-corrected chi connectivity index (χ3v) is 5.85. The molecule has 2 amide bonds. The third kappa shape index (κ3) is 4.98. The number of benzene rings is 2. The number of amides is 2. The van der Waals surface area contributed by atoms with Crippen LogP contribution in [0.3, 0.4) is 0 Å². The van der Waals surface area contributed by atoms with Crippen LogP contribution in [0.2, 0.25) is 5.02 Å². The van der Waals surface area contributed by atoms with Gasteiger partial charge in [0.25, 0.3) is 0 Å². The molecule has 152 valence electrons. The van der Waals surface area contributed by atoms with Crippen LogP contribution in [0.4, 0.5) is 0 Å². The van der Waals surface area contributed by atoms with Gasteiger partial charge < -0.3 is 16.0 Å². The lowest BCUT2D eigenvalue weighted by atomic mass is 9.92. The Kier molecular flexibility index (Phi) is 5.88. The van der Waals surface area contributed by atoms with Crippen LogP contribution in [0.1, 0.15) is 36.0 Å². The monoisotopic (exact) mass is 411 g/mol. The van der Waals surface area contributed by atoms with Crippen molar-refractivity contribution in [3.63, 3.8) is 0 Å². The maximum absolute atomic E-state index is 13.1. The highest BCUT2D eigenvalue weighted by Gasteiger charge is 2.36. The molecule has 1 fully saturated rings. The Hall–Kier alpha value is -2.37. The molecule has 29 heavy (non-hydrogen) atoms. The average molecular weight is 412 g/mol. The Morgan fingerprint density at radius 3 is 2.62 bits per heavy atom. The van der Waals surface area contributed by atoms with E-state index in [0.29, 0.717) is 24.4 Å². The summed E-state index contributed by atoms with van der Waals surface area (Å²) in [5.74, 6) is -0.135. The molecule has 1 aliphatic heterocycles. The van der Waals surface area contributed by atoms with Crippen molar-refractivity contribution < 1.29 is 9.59 Å². The minimum absolute atomic E-state index is 0.0567. The fraction of sp³-hybridized carbons (Fsp3) is 0.391. The highest BCUT2D eigenvalue weighted by Crippen LogP contribution is 2.26. The van der Waals surface area contributed by atoms with Gasteiger partial charge in [-0.25, -0.2) is 0 Å². The number of fused-ring (bicyclic) bond motifs is 1. The number of halogens is 1. The predicted octanol–water partition coefficient (Wildman–Crippen LogP) is 2.83. The van der Waals surface area contributed by atoms with Gasteiger partial charge in [0.05, 0.1) is 0 Å². The molecule has 0 bridgehead atoms. The summed E-state index contributed by atoms with van der Waals surface area (Å²) in [6, 6.07) is 15.0. The van der Waals surface area contributed by atoms with Crippen LogP contribution in [0, 0.1) is 0 Å². The number of nitrogens with one attached hydrogen (secondary N) is 1. The maximum Gasteiger partial charge on any atom is 0.243 e. The number of hydrogen-bond acceptors (Lipinski definition) is 3. The van der Waals surface area contributed by atoms with Crippen molar-refractivity contribution in [3.8, 4) is 0 Å². The summed E-state index contributed by atoms with van der Waals surface area (Å²) in [6.07, 6.45) is 3.35. The van der Waals surface area contributed by atoms with E-state index in [2.05, 4.69) is 5.32 Å². The SMILES string of the molecule is N[C@@H](CC(=O)N1Cc2ccccc2C[C@H]1C(=O)NC1CC1)Cc1cccc(Cl)c1. The first-order valence-corrected chi connectivity index (χ1v) is 10.5. The lowest BCUT2D eigenvalue weighted by Crippen LogP contribution is -2.53. The van der Waals surface area contributed by atoms with Gasteiger partial charge in [-0.3, -0.25) is 9.59 Å². The normalized spacial score (nSPS) is 19.4. The topological polar surface area (TPSA) is 75.4 Å². The number of rotatable bonds is 6. The van der Waals surface area contributed by atoms with Crippen molar-refractivity contribution in [2.75, 3.05) is 0 Å². The van der Waals surface area contributed by atoms with Crippen molar-refractivity contribution in [2.45, 2.75) is 56.8 Å². The number of nitrogens with zero attached hydrogens (tertiary/aromatic N) is 1. The van der Waals surface area contributed by atoms with E-state index in [1.165, 1.54) is 0 Å². The van der Waals surface area contributed by atoms with Gasteiger partial charge in [0, 0.05) is 36.5 Å². The van der Waals surface area contributed by atoms with Crippen molar-refractivity contribution in [3.05, 3.63) is 70.2 Å². The molecule has 5 nitrogen and oxygen atoms in total. The largest absolute Gasteiger partial charge is 0.352 e. The second-order valence-corrected chi connectivity index (χ2v) is 8.53. The summed E-state index contributed by atoms with van der Waals surface area (Å²) >= 11 is 6.04. The minimum Gasteiger partial charge on any atom is -0.352 e. The van der Waals surface area contributed by atoms with E-state index in [-0.39, 0.29) is 30.3 Å². The Bertz CT molecular complexity index is 913. The highest BCUT2D eigenvalue weighted by atomic mass is 35.5. The van der Waals surface area contributed by atoms with Crippen LogP contribution in [0.15, 0.2) is 48.5 Å². The lowest BCUT2D eigenvalue weighted by molar-refractivity contribution is -0.142. The Morgan fingerprint density at radius 2 is 1.90 bits per heavy atom. The van der Waals surface area contributed by atoms with E-state index in [4.69, 9.17) is 17.3 Å². The van der Waals surface area contributed by atoms with E-state index in [9.17, 15) is 9.59 Å². The zero-order valence-electron chi connectivity index (χ0n) is 16.3. The molecule has 2 atom stereocenters. The lowest BCUT2D eigenvalue weighted by Gasteiger charge is -2.36. The van der Waals surface area contributed by atoms with Crippen LogP contribution < -0.4 is 11.1 Å². The van der Waals surface area contributed by atoms with E-state index in [1.807, 2.05) is 48.5 Å². The number of hydrogen-bond donors (Lipinski definition) is 2. The molecule has 2 aromatic rings. The van der Waals surface area contributed by atoms with Crippen LogP contribution in [-0.4, -0.2) is 34.8 Å². The van der Waals surface area contributed by atoms with E-state index in [1.54, 1.807) is 4.90 Å². The molecule has 0 saturated heterocycles. The van der Waals surface area contributed by atoms with Crippen LogP contribution in [0.5, 0.6) is 0 Å². The van der Waals surface area contributed by atoms with Gasteiger partial charge in [-0.1, -0.05) is 48.0 Å². The van der Waals surface area contributed by atoms with Crippen LogP contribution in [0.25, 0.3) is 0 Å². The van der Waals surface area contributed by atoms with Crippen LogP contribution >= 0.6 is 11.6 Å². The van der Waals surface area contributed by atoms with Crippen molar-refractivity contribution in [1.82, 2.24) is 10.2 Å². The molecule has 2 aliphatic rings. The molecule has 0 aromatic heterocycles. The zero-order chi connectivity index (χ0) is 20.4. The first-order valence-electron chi connectivity index (χ1n) is 10.2. The summed E-state index contributed by atoms with van der Waals surface area (Å²) in [5.41, 5.74) is 9.52. The molecule has 0 spiro atoms. The van der Waals surface area contributed by atoms with Gasteiger partial charge in [-0.05, 0) is 48.1 Å². The van der Waals surface area contributed by atoms with Gasteiger partial charge in [0.1, 0.15) is 6.04 Å². The second-order valence-electron chi connectivity index (χ2n) is 8.09. The summed E-state index contributed by atoms with van der Waals surface area (Å²) in [7, 11) is 0. The summed E-state index contributed by atoms with van der Waals surface area (Å²) in [4.78, 5) is 27.7. The molecule has 3 N–H and O–H groups in total. The first kappa shape index (κ1) is 19.9.